The maximum absolute atomic E-state index is 13.2. The van der Waals surface area contributed by atoms with E-state index < -0.39 is 17.9 Å². The number of amidine groups is 1. The van der Waals surface area contributed by atoms with Crippen LogP contribution in [0.2, 0.25) is 0 Å². The molecule has 1 heterocycles. The SMILES string of the molecule is COC1=C(c2ccc(C(=N)N)cc2)C(=O)N(c2ccc(CC(NC(C)=O)C(=O)O)cc2)C1. The molecule has 1 atom stereocenters. The minimum atomic E-state index is -1.12. The minimum Gasteiger partial charge on any atom is -0.498 e. The molecule has 1 aliphatic heterocycles. The number of anilines is 1. The number of rotatable bonds is 8. The van der Waals surface area contributed by atoms with E-state index in [1.165, 1.54) is 14.0 Å². The van der Waals surface area contributed by atoms with Gasteiger partial charge in [0.05, 0.1) is 19.2 Å². The predicted molar refractivity (Wildman–Crippen MR) is 119 cm³/mol. The topological polar surface area (TPSA) is 146 Å². The first-order chi connectivity index (χ1) is 15.2. The van der Waals surface area contributed by atoms with Crippen molar-refractivity contribution in [2.75, 3.05) is 18.6 Å². The van der Waals surface area contributed by atoms with Crippen molar-refractivity contribution in [3.8, 4) is 0 Å². The Labute approximate surface area is 185 Å². The zero-order chi connectivity index (χ0) is 23.4. The Morgan fingerprint density at radius 2 is 1.81 bits per heavy atom. The molecule has 9 nitrogen and oxygen atoms in total. The second-order valence-corrected chi connectivity index (χ2v) is 7.35. The van der Waals surface area contributed by atoms with Crippen LogP contribution in [0.4, 0.5) is 5.69 Å². The highest BCUT2D eigenvalue weighted by Crippen LogP contribution is 2.32. The lowest BCUT2D eigenvalue weighted by Crippen LogP contribution is -2.41. The van der Waals surface area contributed by atoms with Gasteiger partial charge in [-0.2, -0.15) is 0 Å². The second-order valence-electron chi connectivity index (χ2n) is 7.35. The fourth-order valence-corrected chi connectivity index (χ4v) is 3.52. The molecule has 0 radical (unpaired) electrons. The Hall–Kier alpha value is -4.14. The van der Waals surface area contributed by atoms with Gasteiger partial charge in [-0.3, -0.25) is 15.0 Å². The number of nitrogens with one attached hydrogen (secondary N) is 2. The first-order valence-corrected chi connectivity index (χ1v) is 9.84. The van der Waals surface area contributed by atoms with Crippen LogP contribution < -0.4 is 16.0 Å². The number of amides is 2. The number of hydrogen-bond donors (Lipinski definition) is 4. The molecular weight excluding hydrogens is 412 g/mol. The number of nitrogens with zero attached hydrogens (tertiary/aromatic N) is 1. The van der Waals surface area contributed by atoms with Crippen LogP contribution >= 0.6 is 0 Å². The molecule has 32 heavy (non-hydrogen) atoms. The van der Waals surface area contributed by atoms with Crippen LogP contribution in [0.15, 0.2) is 54.3 Å². The van der Waals surface area contributed by atoms with Crippen molar-refractivity contribution in [3.05, 3.63) is 71.0 Å². The van der Waals surface area contributed by atoms with Crippen LogP contribution in [0.25, 0.3) is 5.57 Å². The molecule has 2 aromatic rings. The van der Waals surface area contributed by atoms with Crippen molar-refractivity contribution in [1.82, 2.24) is 5.32 Å². The molecule has 0 aliphatic carbocycles. The molecule has 1 aliphatic rings. The summed E-state index contributed by atoms with van der Waals surface area (Å²) in [7, 11) is 1.51. The number of carboxylic acid groups (broad SMARTS) is 1. The quantitative estimate of drug-likeness (QED) is 0.364. The van der Waals surface area contributed by atoms with E-state index in [9.17, 15) is 19.5 Å². The monoisotopic (exact) mass is 436 g/mol. The highest BCUT2D eigenvalue weighted by Gasteiger charge is 2.33. The Kier molecular flexibility index (Phi) is 6.58. The van der Waals surface area contributed by atoms with Crippen LogP contribution in [0.3, 0.4) is 0 Å². The second kappa shape index (κ2) is 9.34. The van der Waals surface area contributed by atoms with Gasteiger partial charge in [0.1, 0.15) is 17.6 Å². The van der Waals surface area contributed by atoms with Gasteiger partial charge in [-0.25, -0.2) is 4.79 Å². The molecule has 9 heteroatoms. The number of nitrogens with two attached hydrogens (primary N) is 1. The zero-order valence-electron chi connectivity index (χ0n) is 17.7. The van der Waals surface area contributed by atoms with Crippen molar-refractivity contribution >= 4 is 34.9 Å². The van der Waals surface area contributed by atoms with E-state index in [1.807, 2.05) is 0 Å². The fraction of sp³-hybridized carbons (Fsp3) is 0.217. The van der Waals surface area contributed by atoms with Crippen molar-refractivity contribution in [2.24, 2.45) is 5.73 Å². The van der Waals surface area contributed by atoms with E-state index in [4.69, 9.17) is 15.9 Å². The van der Waals surface area contributed by atoms with E-state index in [0.29, 0.717) is 33.7 Å². The fourth-order valence-electron chi connectivity index (χ4n) is 3.52. The summed E-state index contributed by atoms with van der Waals surface area (Å²) in [6.07, 6.45) is 0.123. The van der Waals surface area contributed by atoms with Gasteiger partial charge in [0.25, 0.3) is 5.91 Å². The summed E-state index contributed by atoms with van der Waals surface area (Å²) in [5, 5.41) is 19.2. The number of nitrogen functional groups attached to an aromatic ring is 1. The predicted octanol–water partition coefficient (Wildman–Crippen LogP) is 1.51. The Bertz CT molecular complexity index is 1090. The molecule has 0 aromatic heterocycles. The Balaban J connectivity index is 1.79. The maximum atomic E-state index is 13.2. The summed E-state index contributed by atoms with van der Waals surface area (Å²) in [5.74, 6) is -1.30. The van der Waals surface area contributed by atoms with Gasteiger partial charge >= 0.3 is 5.97 Å². The van der Waals surface area contributed by atoms with Crippen molar-refractivity contribution in [3.63, 3.8) is 0 Å². The van der Waals surface area contributed by atoms with E-state index in [-0.39, 0.29) is 24.7 Å². The third-order valence-electron chi connectivity index (χ3n) is 5.13. The van der Waals surface area contributed by atoms with Gasteiger partial charge in [0.2, 0.25) is 5.91 Å². The zero-order valence-corrected chi connectivity index (χ0v) is 17.7. The van der Waals surface area contributed by atoms with Crippen molar-refractivity contribution in [1.29, 1.82) is 5.41 Å². The summed E-state index contributed by atoms with van der Waals surface area (Å²) in [6, 6.07) is 12.7. The molecule has 166 valence electrons. The van der Waals surface area contributed by atoms with Gasteiger partial charge in [0, 0.05) is 24.6 Å². The minimum absolute atomic E-state index is 0.0550. The highest BCUT2D eigenvalue weighted by atomic mass is 16.5. The average molecular weight is 436 g/mol. The number of ether oxygens (including phenoxy) is 1. The first-order valence-electron chi connectivity index (χ1n) is 9.84. The molecule has 2 amide bonds. The Morgan fingerprint density at radius 1 is 1.19 bits per heavy atom. The molecule has 0 saturated carbocycles. The smallest absolute Gasteiger partial charge is 0.326 e. The number of aliphatic carboxylic acids is 1. The van der Waals surface area contributed by atoms with Crippen LogP contribution in [-0.4, -0.2) is 48.4 Å². The molecule has 0 spiro atoms. The number of carbonyl (C=O) groups is 3. The van der Waals surface area contributed by atoms with Crippen molar-refractivity contribution in [2.45, 2.75) is 19.4 Å². The third kappa shape index (κ3) is 4.77. The summed E-state index contributed by atoms with van der Waals surface area (Å²) in [6.45, 7) is 1.52. The average Bonchev–Trinajstić information content (AvgIpc) is 3.09. The van der Waals surface area contributed by atoms with Crippen LogP contribution in [0.5, 0.6) is 0 Å². The van der Waals surface area contributed by atoms with E-state index in [2.05, 4.69) is 5.32 Å². The summed E-state index contributed by atoms with van der Waals surface area (Å²) >= 11 is 0. The largest absolute Gasteiger partial charge is 0.498 e. The van der Waals surface area contributed by atoms with Crippen LogP contribution in [0, 0.1) is 5.41 Å². The normalized spacial score (nSPS) is 14.3. The third-order valence-corrected chi connectivity index (χ3v) is 5.13. The number of methoxy groups -OCH3 is 1. The summed E-state index contributed by atoms with van der Waals surface area (Å²) < 4.78 is 5.46. The van der Waals surface area contributed by atoms with Crippen LogP contribution in [0.1, 0.15) is 23.6 Å². The Morgan fingerprint density at radius 3 is 2.31 bits per heavy atom. The lowest BCUT2D eigenvalue weighted by molar-refractivity contribution is -0.141. The maximum Gasteiger partial charge on any atom is 0.326 e. The van der Waals surface area contributed by atoms with E-state index in [0.717, 1.165) is 0 Å². The lowest BCUT2D eigenvalue weighted by atomic mass is 10.0. The molecular formula is C23H24N4O5. The molecule has 0 bridgehead atoms. The lowest BCUT2D eigenvalue weighted by Gasteiger charge is -2.18. The van der Waals surface area contributed by atoms with E-state index >= 15 is 0 Å². The molecule has 3 rings (SSSR count). The van der Waals surface area contributed by atoms with Gasteiger partial charge in [0.15, 0.2) is 0 Å². The van der Waals surface area contributed by atoms with Gasteiger partial charge < -0.3 is 25.8 Å². The molecule has 5 N–H and O–H groups in total. The summed E-state index contributed by atoms with van der Waals surface area (Å²) in [5.41, 5.74) is 8.50. The van der Waals surface area contributed by atoms with E-state index in [1.54, 1.807) is 53.4 Å². The molecule has 0 fully saturated rings. The molecule has 2 aromatic carbocycles. The van der Waals surface area contributed by atoms with Crippen LogP contribution in [-0.2, 0) is 25.5 Å². The molecule has 1 unspecified atom stereocenters. The first kappa shape index (κ1) is 22.5. The van der Waals surface area contributed by atoms with Gasteiger partial charge in [-0.05, 0) is 23.3 Å². The number of carbonyl (C=O) groups excluding carboxylic acids is 2. The van der Waals surface area contributed by atoms with Crippen molar-refractivity contribution < 1.29 is 24.2 Å². The number of benzene rings is 2. The standard InChI is InChI=1S/C23H24N4O5/c1-13(28)26-18(23(30)31)11-14-3-9-17(10-4-14)27-12-19(32-2)20(22(27)29)15-5-7-16(8-6-15)21(24)25/h3-10,18H,11-12H2,1-2H3,(H3,24,25)(H,26,28)(H,30,31). The summed E-state index contributed by atoms with van der Waals surface area (Å²) in [4.78, 5) is 37.3. The van der Waals surface area contributed by atoms with Gasteiger partial charge in [-0.1, -0.05) is 36.4 Å². The van der Waals surface area contributed by atoms with Gasteiger partial charge in [-0.15, -0.1) is 0 Å². The highest BCUT2D eigenvalue weighted by molar-refractivity contribution is 6.29. The number of hydrogen-bond acceptors (Lipinski definition) is 5. The molecule has 0 saturated heterocycles. The number of carboxylic acids is 1.